The van der Waals surface area contributed by atoms with Crippen LogP contribution in [0.2, 0.25) is 0 Å². The molecule has 5 nitrogen and oxygen atoms in total. The molecule has 146 valence electrons. The number of fused-ring (bicyclic) bond motifs is 1. The molecular formula is C22H25N3O2S. The summed E-state index contributed by atoms with van der Waals surface area (Å²) in [6.45, 7) is 8.09. The standard InChI is InChI=1S/C22H25N3O2S/c1-14(2)16(4)23-20(26)13-28-22-24-18-11-7-6-10-17(18)21(27)25(22)19-12-8-5-9-15(19)3/h5-12,14,16H,13H2,1-4H3,(H,23,26). The number of carbonyl (C=O) groups is 1. The minimum Gasteiger partial charge on any atom is -0.353 e. The highest BCUT2D eigenvalue weighted by Crippen LogP contribution is 2.23. The number of carbonyl (C=O) groups excluding carboxylic acids is 1. The summed E-state index contributed by atoms with van der Waals surface area (Å²) in [5.41, 5.74) is 2.26. The monoisotopic (exact) mass is 395 g/mol. The summed E-state index contributed by atoms with van der Waals surface area (Å²) in [5, 5.41) is 4.08. The minimum absolute atomic E-state index is 0.0649. The summed E-state index contributed by atoms with van der Waals surface area (Å²) in [5.74, 6) is 0.496. The largest absolute Gasteiger partial charge is 0.353 e. The van der Waals surface area contributed by atoms with E-state index in [2.05, 4.69) is 24.1 Å². The SMILES string of the molecule is Cc1ccccc1-n1c(SCC(=O)NC(C)C(C)C)nc2ccccc2c1=O. The fourth-order valence-corrected chi connectivity index (χ4v) is 3.65. The van der Waals surface area contributed by atoms with E-state index in [0.717, 1.165) is 11.3 Å². The second-order valence-electron chi connectivity index (χ2n) is 7.23. The molecule has 2 aromatic carbocycles. The quantitative estimate of drug-likeness (QED) is 0.507. The summed E-state index contributed by atoms with van der Waals surface area (Å²) < 4.78 is 1.61. The Balaban J connectivity index is 2.01. The molecule has 1 unspecified atom stereocenters. The van der Waals surface area contributed by atoms with Crippen LogP contribution >= 0.6 is 11.8 Å². The Morgan fingerprint density at radius 1 is 1.11 bits per heavy atom. The van der Waals surface area contributed by atoms with Crippen molar-refractivity contribution in [3.63, 3.8) is 0 Å². The third-order valence-electron chi connectivity index (χ3n) is 4.82. The van der Waals surface area contributed by atoms with Crippen LogP contribution in [0.25, 0.3) is 16.6 Å². The van der Waals surface area contributed by atoms with Crippen molar-refractivity contribution >= 4 is 28.6 Å². The zero-order valence-corrected chi connectivity index (χ0v) is 17.4. The van der Waals surface area contributed by atoms with Crippen LogP contribution in [0.1, 0.15) is 26.3 Å². The summed E-state index contributed by atoms with van der Waals surface area (Å²) >= 11 is 1.28. The molecule has 1 heterocycles. The summed E-state index contributed by atoms with van der Waals surface area (Å²) in [6.07, 6.45) is 0. The van der Waals surface area contributed by atoms with Crippen LogP contribution in [0.3, 0.4) is 0 Å². The van der Waals surface area contributed by atoms with Crippen molar-refractivity contribution in [3.8, 4) is 5.69 Å². The van der Waals surface area contributed by atoms with E-state index in [0.29, 0.717) is 22.0 Å². The molecule has 3 rings (SSSR count). The van der Waals surface area contributed by atoms with E-state index >= 15 is 0 Å². The lowest BCUT2D eigenvalue weighted by molar-refractivity contribution is -0.119. The Kier molecular flexibility index (Phi) is 6.19. The van der Waals surface area contributed by atoms with E-state index < -0.39 is 0 Å². The number of nitrogens with zero attached hydrogens (tertiary/aromatic N) is 2. The van der Waals surface area contributed by atoms with Gasteiger partial charge in [-0.1, -0.05) is 55.9 Å². The molecule has 28 heavy (non-hydrogen) atoms. The maximum absolute atomic E-state index is 13.2. The fourth-order valence-electron chi connectivity index (χ4n) is 2.83. The van der Waals surface area contributed by atoms with E-state index in [1.54, 1.807) is 10.6 Å². The van der Waals surface area contributed by atoms with Crippen LogP contribution in [0.5, 0.6) is 0 Å². The fraction of sp³-hybridized carbons (Fsp3) is 0.318. The molecule has 0 spiro atoms. The molecule has 3 aromatic rings. The van der Waals surface area contributed by atoms with E-state index in [1.807, 2.05) is 56.3 Å². The topological polar surface area (TPSA) is 64.0 Å². The van der Waals surface area contributed by atoms with Crippen LogP contribution in [0.4, 0.5) is 0 Å². The lowest BCUT2D eigenvalue weighted by Crippen LogP contribution is -2.37. The van der Waals surface area contributed by atoms with Crippen molar-refractivity contribution in [2.45, 2.75) is 38.9 Å². The van der Waals surface area contributed by atoms with Gasteiger partial charge in [-0.25, -0.2) is 4.98 Å². The highest BCUT2D eigenvalue weighted by molar-refractivity contribution is 7.99. The van der Waals surface area contributed by atoms with Gasteiger partial charge in [-0.15, -0.1) is 0 Å². The van der Waals surface area contributed by atoms with Crippen molar-refractivity contribution in [2.75, 3.05) is 5.75 Å². The minimum atomic E-state index is -0.127. The average molecular weight is 396 g/mol. The molecule has 0 aliphatic heterocycles. The molecule has 0 saturated heterocycles. The second-order valence-corrected chi connectivity index (χ2v) is 8.17. The zero-order valence-electron chi connectivity index (χ0n) is 16.6. The number of nitrogens with one attached hydrogen (secondary N) is 1. The van der Waals surface area contributed by atoms with Crippen LogP contribution in [0.15, 0.2) is 58.5 Å². The van der Waals surface area contributed by atoms with Gasteiger partial charge in [-0.2, -0.15) is 0 Å². The van der Waals surface area contributed by atoms with Gasteiger partial charge < -0.3 is 5.32 Å². The normalized spacial score (nSPS) is 12.3. The smallest absolute Gasteiger partial charge is 0.266 e. The highest BCUT2D eigenvalue weighted by Gasteiger charge is 2.17. The van der Waals surface area contributed by atoms with Crippen LogP contribution < -0.4 is 10.9 Å². The molecule has 0 bridgehead atoms. The van der Waals surface area contributed by atoms with Gasteiger partial charge in [0, 0.05) is 6.04 Å². The lowest BCUT2D eigenvalue weighted by atomic mass is 10.1. The number of rotatable bonds is 6. The van der Waals surface area contributed by atoms with Crippen molar-refractivity contribution in [1.29, 1.82) is 0 Å². The van der Waals surface area contributed by atoms with Crippen molar-refractivity contribution in [3.05, 3.63) is 64.4 Å². The number of benzene rings is 2. The lowest BCUT2D eigenvalue weighted by Gasteiger charge is -2.18. The second kappa shape index (κ2) is 8.61. The van der Waals surface area contributed by atoms with E-state index in [1.165, 1.54) is 11.8 Å². The zero-order chi connectivity index (χ0) is 20.3. The molecule has 1 atom stereocenters. The molecule has 0 saturated carbocycles. The number of amides is 1. The maximum atomic E-state index is 13.2. The first kappa shape index (κ1) is 20.1. The first-order chi connectivity index (χ1) is 13.4. The van der Waals surface area contributed by atoms with E-state index in [-0.39, 0.29) is 23.3 Å². The Morgan fingerprint density at radius 2 is 1.79 bits per heavy atom. The molecule has 1 amide bonds. The number of para-hydroxylation sites is 2. The molecule has 1 N–H and O–H groups in total. The number of aromatic nitrogens is 2. The Labute approximate surface area is 169 Å². The molecule has 0 aliphatic rings. The van der Waals surface area contributed by atoms with E-state index in [9.17, 15) is 9.59 Å². The number of aryl methyl sites for hydroxylation is 1. The summed E-state index contributed by atoms with van der Waals surface area (Å²) in [4.78, 5) is 30.3. The first-order valence-corrected chi connectivity index (χ1v) is 10.4. The molecular weight excluding hydrogens is 370 g/mol. The van der Waals surface area contributed by atoms with Gasteiger partial charge in [0.15, 0.2) is 5.16 Å². The van der Waals surface area contributed by atoms with Gasteiger partial charge in [-0.3, -0.25) is 14.2 Å². The van der Waals surface area contributed by atoms with E-state index in [4.69, 9.17) is 0 Å². The van der Waals surface area contributed by atoms with Crippen LogP contribution in [0, 0.1) is 12.8 Å². The third kappa shape index (κ3) is 4.28. The number of hydrogen-bond acceptors (Lipinski definition) is 4. The predicted molar refractivity (Wildman–Crippen MR) is 115 cm³/mol. The van der Waals surface area contributed by atoms with Crippen LogP contribution in [-0.2, 0) is 4.79 Å². The average Bonchev–Trinajstić information content (AvgIpc) is 2.67. The summed E-state index contributed by atoms with van der Waals surface area (Å²) in [6, 6.07) is 15.1. The molecule has 6 heteroatoms. The molecule has 0 fully saturated rings. The highest BCUT2D eigenvalue weighted by atomic mass is 32.2. The van der Waals surface area contributed by atoms with Crippen molar-refractivity contribution < 1.29 is 4.79 Å². The first-order valence-electron chi connectivity index (χ1n) is 9.38. The van der Waals surface area contributed by atoms with Gasteiger partial charge in [0.05, 0.1) is 22.3 Å². The van der Waals surface area contributed by atoms with Crippen molar-refractivity contribution in [1.82, 2.24) is 14.9 Å². The predicted octanol–water partition coefficient (Wildman–Crippen LogP) is 3.95. The Morgan fingerprint density at radius 3 is 2.50 bits per heavy atom. The summed E-state index contributed by atoms with van der Waals surface area (Å²) in [7, 11) is 0. The van der Waals surface area contributed by atoms with Gasteiger partial charge in [-0.05, 0) is 43.5 Å². The van der Waals surface area contributed by atoms with Gasteiger partial charge in [0.1, 0.15) is 0 Å². The number of hydrogen-bond donors (Lipinski definition) is 1. The Bertz CT molecular complexity index is 1060. The van der Waals surface area contributed by atoms with Gasteiger partial charge in [0.25, 0.3) is 5.56 Å². The van der Waals surface area contributed by atoms with Crippen LogP contribution in [-0.4, -0.2) is 27.3 Å². The van der Waals surface area contributed by atoms with Crippen molar-refractivity contribution in [2.24, 2.45) is 5.92 Å². The molecule has 1 aromatic heterocycles. The third-order valence-corrected chi connectivity index (χ3v) is 5.76. The molecule has 0 radical (unpaired) electrons. The van der Waals surface area contributed by atoms with Gasteiger partial charge in [0.2, 0.25) is 5.91 Å². The maximum Gasteiger partial charge on any atom is 0.266 e. The Hall–Kier alpha value is -2.60. The number of thioether (sulfide) groups is 1. The molecule has 0 aliphatic carbocycles. The van der Waals surface area contributed by atoms with Gasteiger partial charge >= 0.3 is 0 Å².